The van der Waals surface area contributed by atoms with Crippen molar-refractivity contribution in [3.05, 3.63) is 18.2 Å². The van der Waals surface area contributed by atoms with Gasteiger partial charge in [-0.3, -0.25) is 0 Å². The van der Waals surface area contributed by atoms with Gasteiger partial charge in [0.2, 0.25) is 0 Å². The van der Waals surface area contributed by atoms with Gasteiger partial charge >= 0.3 is 0 Å². The fourth-order valence-corrected chi connectivity index (χ4v) is 3.10. The van der Waals surface area contributed by atoms with Crippen molar-refractivity contribution in [3.8, 4) is 0 Å². The first-order chi connectivity index (χ1) is 7.46. The van der Waals surface area contributed by atoms with Crippen molar-refractivity contribution in [2.75, 3.05) is 0 Å². The first-order valence-corrected chi connectivity index (χ1v) is 5.87. The second-order valence-corrected chi connectivity index (χ2v) is 5.75. The predicted molar refractivity (Wildman–Crippen MR) is 57.7 cm³/mol. The van der Waals surface area contributed by atoms with E-state index in [1.165, 1.54) is 0 Å². The normalized spacial score (nSPS) is 38.1. The van der Waals surface area contributed by atoms with Crippen molar-refractivity contribution >= 4 is 0 Å². The summed E-state index contributed by atoms with van der Waals surface area (Å²) in [7, 11) is 0. The summed E-state index contributed by atoms with van der Waals surface area (Å²) in [4.78, 5) is 4.22. The molecule has 1 atom stereocenters. The number of aliphatic hydroxyl groups excluding tert-OH is 1. The molecule has 3 aliphatic carbocycles. The zero-order valence-corrected chi connectivity index (χ0v) is 9.65. The molecule has 3 fully saturated rings. The van der Waals surface area contributed by atoms with E-state index >= 15 is 0 Å². The lowest BCUT2D eigenvalue weighted by atomic mass is 9.47. The molecule has 2 bridgehead atoms. The van der Waals surface area contributed by atoms with Gasteiger partial charge in [-0.25, -0.2) is 9.37 Å². The third kappa shape index (κ3) is 1.14. The average molecular weight is 224 g/mol. The average Bonchev–Trinajstić information content (AvgIpc) is 2.58. The van der Waals surface area contributed by atoms with Crippen LogP contribution in [0, 0.1) is 5.92 Å². The molecule has 16 heavy (non-hydrogen) atoms. The summed E-state index contributed by atoms with van der Waals surface area (Å²) >= 11 is 0. The summed E-state index contributed by atoms with van der Waals surface area (Å²) in [6, 6.07) is 0. The van der Waals surface area contributed by atoms with Crippen LogP contribution < -0.4 is 0 Å². The smallest absolute Gasteiger partial charge is 0.138 e. The fraction of sp³-hybridized carbons (Fsp3) is 0.750. The monoisotopic (exact) mass is 224 g/mol. The highest BCUT2D eigenvalue weighted by Gasteiger charge is 2.70. The molecule has 3 saturated carbocycles. The minimum Gasteiger partial charge on any atom is -0.385 e. The first kappa shape index (κ1) is 10.3. The zero-order chi connectivity index (χ0) is 11.6. The number of aromatic nitrogens is 2. The number of aliphatic hydroxyl groups is 1. The highest BCUT2D eigenvalue weighted by Crippen LogP contribution is 2.67. The van der Waals surface area contributed by atoms with Crippen LogP contribution in [0.3, 0.4) is 0 Å². The van der Waals surface area contributed by atoms with Crippen LogP contribution >= 0.6 is 0 Å². The molecule has 3 nitrogen and oxygen atoms in total. The molecular weight excluding hydrogens is 207 g/mol. The Morgan fingerprint density at radius 2 is 2.06 bits per heavy atom. The predicted octanol–water partition coefficient (Wildman–Crippen LogP) is 2.17. The number of nitrogens with zero attached hydrogens (tertiary/aromatic N) is 2. The van der Waals surface area contributed by atoms with E-state index in [-0.39, 0.29) is 11.5 Å². The van der Waals surface area contributed by atoms with E-state index in [1.54, 1.807) is 6.20 Å². The Labute approximate surface area is 94.3 Å². The van der Waals surface area contributed by atoms with E-state index in [1.807, 2.05) is 24.6 Å². The molecule has 0 radical (unpaired) electrons. The van der Waals surface area contributed by atoms with Crippen LogP contribution in [0.4, 0.5) is 4.39 Å². The van der Waals surface area contributed by atoms with Gasteiger partial charge in [-0.2, -0.15) is 0 Å². The van der Waals surface area contributed by atoms with Gasteiger partial charge in [-0.15, -0.1) is 0 Å². The van der Waals surface area contributed by atoms with Crippen LogP contribution in [0.2, 0.25) is 0 Å². The molecule has 0 saturated heterocycles. The van der Waals surface area contributed by atoms with Crippen molar-refractivity contribution in [1.29, 1.82) is 0 Å². The molecule has 88 valence electrons. The number of rotatable bonds is 3. The van der Waals surface area contributed by atoms with Crippen molar-refractivity contribution in [2.24, 2.45) is 5.92 Å². The van der Waals surface area contributed by atoms with Crippen LogP contribution in [0.1, 0.15) is 45.0 Å². The molecule has 4 rings (SSSR count). The highest BCUT2D eigenvalue weighted by molar-refractivity contribution is 5.25. The van der Waals surface area contributed by atoms with Gasteiger partial charge < -0.3 is 9.67 Å². The maximum absolute atomic E-state index is 13.5. The maximum Gasteiger partial charge on any atom is 0.138 e. The van der Waals surface area contributed by atoms with Crippen molar-refractivity contribution in [3.63, 3.8) is 0 Å². The minimum absolute atomic E-state index is 0.0730. The van der Waals surface area contributed by atoms with Gasteiger partial charge in [0.05, 0.1) is 5.54 Å². The number of hydrogen-bond acceptors (Lipinski definition) is 2. The Balaban J connectivity index is 1.89. The topological polar surface area (TPSA) is 38.1 Å². The Hall–Kier alpha value is -0.900. The first-order valence-electron chi connectivity index (χ1n) is 5.87. The SMILES string of the molecule is CC(C)C(O)c1nccn1C12CC(F)(C1)C2. The molecule has 0 aromatic carbocycles. The van der Waals surface area contributed by atoms with Crippen LogP contribution in [0.5, 0.6) is 0 Å². The van der Waals surface area contributed by atoms with Crippen molar-refractivity contribution in [1.82, 2.24) is 9.55 Å². The Bertz CT molecular complexity index is 407. The van der Waals surface area contributed by atoms with Crippen LogP contribution in [0.25, 0.3) is 0 Å². The molecule has 1 aromatic heterocycles. The molecule has 0 spiro atoms. The zero-order valence-electron chi connectivity index (χ0n) is 9.65. The van der Waals surface area contributed by atoms with Gasteiger partial charge in [-0.1, -0.05) is 13.8 Å². The molecule has 1 aromatic rings. The van der Waals surface area contributed by atoms with E-state index < -0.39 is 11.8 Å². The summed E-state index contributed by atoms with van der Waals surface area (Å²) < 4.78 is 15.5. The largest absolute Gasteiger partial charge is 0.385 e. The van der Waals surface area contributed by atoms with Crippen LogP contribution in [-0.4, -0.2) is 20.3 Å². The summed E-state index contributed by atoms with van der Waals surface area (Å²) in [5, 5.41) is 10.1. The highest BCUT2D eigenvalue weighted by atomic mass is 19.1. The van der Waals surface area contributed by atoms with Crippen LogP contribution in [-0.2, 0) is 5.54 Å². The molecule has 0 amide bonds. The van der Waals surface area contributed by atoms with Gasteiger partial charge in [0.25, 0.3) is 0 Å². The Morgan fingerprint density at radius 3 is 2.56 bits per heavy atom. The number of alkyl halides is 1. The van der Waals surface area contributed by atoms with Crippen molar-refractivity contribution < 1.29 is 9.50 Å². The standard InChI is InChI=1S/C12H17FN2O/c1-8(2)9(16)10-14-3-4-15(10)12-5-11(13,6-12)7-12/h3-4,8-9,16H,5-7H2,1-2H3. The second kappa shape index (κ2) is 2.86. The Kier molecular flexibility index (Phi) is 1.83. The van der Waals surface area contributed by atoms with Crippen LogP contribution in [0.15, 0.2) is 12.4 Å². The van der Waals surface area contributed by atoms with E-state index in [2.05, 4.69) is 4.98 Å². The lowest BCUT2D eigenvalue weighted by Crippen LogP contribution is -2.70. The number of imidazole rings is 1. The minimum atomic E-state index is -0.912. The summed E-state index contributed by atoms with van der Waals surface area (Å²) in [5.74, 6) is 0.824. The third-order valence-corrected chi connectivity index (χ3v) is 4.01. The van der Waals surface area contributed by atoms with Gasteiger partial charge in [-0.05, 0) is 5.92 Å². The summed E-state index contributed by atoms with van der Waals surface area (Å²) in [5.41, 5.74) is -0.985. The second-order valence-electron chi connectivity index (χ2n) is 5.75. The molecule has 3 aliphatic rings. The fourth-order valence-electron chi connectivity index (χ4n) is 3.10. The van der Waals surface area contributed by atoms with E-state index in [9.17, 15) is 9.50 Å². The lowest BCUT2D eigenvalue weighted by Gasteiger charge is -2.66. The van der Waals surface area contributed by atoms with Crippen molar-refractivity contribution in [2.45, 2.75) is 50.4 Å². The molecule has 1 N–H and O–H groups in total. The molecule has 1 unspecified atom stereocenters. The molecule has 4 heteroatoms. The summed E-state index contributed by atoms with van der Waals surface area (Å²) in [6.45, 7) is 3.92. The van der Waals surface area contributed by atoms with E-state index in [0.29, 0.717) is 25.1 Å². The van der Waals surface area contributed by atoms with Gasteiger partial charge in [0.15, 0.2) is 0 Å². The lowest BCUT2D eigenvalue weighted by molar-refractivity contribution is -0.200. The maximum atomic E-state index is 13.5. The number of hydrogen-bond donors (Lipinski definition) is 1. The quantitative estimate of drug-likeness (QED) is 0.854. The van der Waals surface area contributed by atoms with Gasteiger partial charge in [0, 0.05) is 31.7 Å². The van der Waals surface area contributed by atoms with E-state index in [0.717, 1.165) is 0 Å². The number of halogens is 1. The van der Waals surface area contributed by atoms with Gasteiger partial charge in [0.1, 0.15) is 17.6 Å². The molecular formula is C12H17FN2O. The third-order valence-electron chi connectivity index (χ3n) is 4.01. The molecule has 1 heterocycles. The molecule has 0 aliphatic heterocycles. The van der Waals surface area contributed by atoms with E-state index in [4.69, 9.17) is 0 Å². The Morgan fingerprint density at radius 1 is 1.44 bits per heavy atom. The summed E-state index contributed by atoms with van der Waals surface area (Å²) in [6.07, 6.45) is 4.79.